The lowest BCUT2D eigenvalue weighted by atomic mass is 9.98. The summed E-state index contributed by atoms with van der Waals surface area (Å²) in [5.74, 6) is 1.39. The molecule has 0 spiro atoms. The standard InChI is InChI=1S/C21H20ClN3O2/c1-10-16-15(9-13-18(16)21(13,3)4)25(23-10)20(26)17-11(2)27-24-19(17)12-7-5-6-8-14(12)22/h5-8,13,18H,9H2,1-4H3/t13-,18-/m1/s1. The van der Waals surface area contributed by atoms with Crippen molar-refractivity contribution in [2.24, 2.45) is 11.3 Å². The van der Waals surface area contributed by atoms with Gasteiger partial charge >= 0.3 is 0 Å². The number of carbonyl (C=O) groups is 1. The van der Waals surface area contributed by atoms with Crippen LogP contribution in [-0.4, -0.2) is 20.8 Å². The Balaban J connectivity index is 1.62. The molecule has 2 atom stereocenters. The summed E-state index contributed by atoms with van der Waals surface area (Å²) in [6, 6.07) is 7.33. The maximum atomic E-state index is 13.4. The second kappa shape index (κ2) is 5.32. The molecule has 0 aliphatic heterocycles. The van der Waals surface area contributed by atoms with Gasteiger partial charge in [0.2, 0.25) is 0 Å². The number of rotatable bonds is 2. The van der Waals surface area contributed by atoms with Crippen molar-refractivity contribution in [3.8, 4) is 11.3 Å². The molecule has 1 fully saturated rings. The molecule has 3 aromatic rings. The van der Waals surface area contributed by atoms with Crippen LogP contribution in [0.1, 0.15) is 52.8 Å². The molecule has 2 aliphatic carbocycles. The molecule has 5 nitrogen and oxygen atoms in total. The van der Waals surface area contributed by atoms with Crippen LogP contribution in [0.25, 0.3) is 11.3 Å². The molecule has 1 aromatic carbocycles. The summed E-state index contributed by atoms with van der Waals surface area (Å²) in [4.78, 5) is 13.4. The lowest BCUT2D eigenvalue weighted by molar-refractivity contribution is 0.0940. The minimum absolute atomic E-state index is 0.202. The zero-order valence-electron chi connectivity index (χ0n) is 15.7. The van der Waals surface area contributed by atoms with Crippen LogP contribution >= 0.6 is 11.6 Å². The van der Waals surface area contributed by atoms with Gasteiger partial charge in [0.1, 0.15) is 17.0 Å². The van der Waals surface area contributed by atoms with E-state index in [2.05, 4.69) is 24.1 Å². The van der Waals surface area contributed by atoms with Gasteiger partial charge in [-0.15, -0.1) is 0 Å². The molecule has 0 saturated heterocycles. The van der Waals surface area contributed by atoms with Crippen molar-refractivity contribution in [3.63, 3.8) is 0 Å². The van der Waals surface area contributed by atoms with Crippen LogP contribution in [-0.2, 0) is 6.42 Å². The number of fused-ring (bicyclic) bond motifs is 3. The highest BCUT2D eigenvalue weighted by Gasteiger charge is 2.64. The first-order valence-corrected chi connectivity index (χ1v) is 9.54. The summed E-state index contributed by atoms with van der Waals surface area (Å²) >= 11 is 6.33. The summed E-state index contributed by atoms with van der Waals surface area (Å²) in [6.07, 6.45) is 0.894. The Bertz CT molecular complexity index is 1110. The van der Waals surface area contributed by atoms with Crippen LogP contribution in [0.4, 0.5) is 0 Å². The van der Waals surface area contributed by atoms with Gasteiger partial charge in [-0.1, -0.05) is 48.8 Å². The van der Waals surface area contributed by atoms with Gasteiger partial charge in [0, 0.05) is 11.1 Å². The highest BCUT2D eigenvalue weighted by molar-refractivity contribution is 6.33. The monoisotopic (exact) mass is 381 g/mol. The van der Waals surface area contributed by atoms with Crippen molar-refractivity contribution in [2.45, 2.75) is 40.0 Å². The number of aryl methyl sites for hydroxylation is 2. The van der Waals surface area contributed by atoms with Crippen LogP contribution < -0.4 is 0 Å². The van der Waals surface area contributed by atoms with Crippen LogP contribution in [0.3, 0.4) is 0 Å². The van der Waals surface area contributed by atoms with Crippen molar-refractivity contribution >= 4 is 17.5 Å². The van der Waals surface area contributed by atoms with Crippen LogP contribution in [0.2, 0.25) is 5.02 Å². The van der Waals surface area contributed by atoms with E-state index in [4.69, 9.17) is 16.1 Å². The van der Waals surface area contributed by atoms with Gasteiger partial charge in [0.15, 0.2) is 0 Å². The third-order valence-electron chi connectivity index (χ3n) is 6.38. The second-order valence-corrected chi connectivity index (χ2v) is 8.62. The van der Waals surface area contributed by atoms with E-state index in [9.17, 15) is 4.79 Å². The number of aromatic nitrogens is 3. The number of nitrogens with zero attached hydrogens (tertiary/aromatic N) is 3. The number of hydrogen-bond acceptors (Lipinski definition) is 4. The van der Waals surface area contributed by atoms with E-state index in [1.54, 1.807) is 17.7 Å². The SMILES string of the molecule is Cc1nn(C(=O)c2c(-c3ccccc3Cl)noc2C)c2c1[C@H]1[C@@H](C2)C1(C)C. The van der Waals surface area contributed by atoms with E-state index in [1.165, 1.54) is 5.56 Å². The predicted molar refractivity (Wildman–Crippen MR) is 102 cm³/mol. The lowest BCUT2D eigenvalue weighted by Gasteiger charge is -2.10. The Morgan fingerprint density at radius 3 is 2.78 bits per heavy atom. The number of benzene rings is 1. The fraction of sp³-hybridized carbons (Fsp3) is 0.381. The fourth-order valence-electron chi connectivity index (χ4n) is 4.83. The summed E-state index contributed by atoms with van der Waals surface area (Å²) < 4.78 is 6.93. The third-order valence-corrected chi connectivity index (χ3v) is 6.71. The molecule has 6 heteroatoms. The van der Waals surface area contributed by atoms with Gasteiger partial charge in [-0.25, -0.2) is 4.68 Å². The molecule has 27 heavy (non-hydrogen) atoms. The summed E-state index contributed by atoms with van der Waals surface area (Å²) in [6.45, 7) is 8.33. The molecule has 1 saturated carbocycles. The maximum absolute atomic E-state index is 13.4. The van der Waals surface area contributed by atoms with Gasteiger partial charge in [0.05, 0.1) is 16.4 Å². The Kier molecular flexibility index (Phi) is 3.30. The largest absolute Gasteiger partial charge is 0.360 e. The third kappa shape index (κ3) is 2.15. The molecular weight excluding hydrogens is 362 g/mol. The summed E-state index contributed by atoms with van der Waals surface area (Å²) in [5, 5.41) is 9.25. The van der Waals surface area contributed by atoms with Gasteiger partial charge < -0.3 is 4.52 Å². The quantitative estimate of drug-likeness (QED) is 0.640. The van der Waals surface area contributed by atoms with Gasteiger partial charge in [-0.05, 0) is 43.6 Å². The Morgan fingerprint density at radius 1 is 1.30 bits per heavy atom. The molecule has 2 heterocycles. The van der Waals surface area contributed by atoms with E-state index >= 15 is 0 Å². The van der Waals surface area contributed by atoms with Crippen molar-refractivity contribution in [2.75, 3.05) is 0 Å². The topological polar surface area (TPSA) is 60.9 Å². The highest BCUT2D eigenvalue weighted by Crippen LogP contribution is 2.70. The number of carbonyl (C=O) groups excluding carboxylic acids is 1. The zero-order valence-corrected chi connectivity index (χ0v) is 16.5. The van der Waals surface area contributed by atoms with Gasteiger partial charge in [-0.3, -0.25) is 4.79 Å². The molecule has 2 aromatic heterocycles. The van der Waals surface area contributed by atoms with E-state index < -0.39 is 0 Å². The smallest absolute Gasteiger partial charge is 0.284 e. The average Bonchev–Trinajstić information content (AvgIpc) is 3.06. The van der Waals surface area contributed by atoms with Gasteiger partial charge in [0.25, 0.3) is 5.91 Å². The highest BCUT2D eigenvalue weighted by atomic mass is 35.5. The summed E-state index contributed by atoms with van der Waals surface area (Å²) in [5.41, 5.74) is 5.13. The Labute approximate surface area is 162 Å². The lowest BCUT2D eigenvalue weighted by Crippen LogP contribution is -2.19. The predicted octanol–water partition coefficient (Wildman–Crippen LogP) is 4.79. The van der Waals surface area contributed by atoms with E-state index in [-0.39, 0.29) is 5.91 Å². The van der Waals surface area contributed by atoms with Gasteiger partial charge in [-0.2, -0.15) is 5.10 Å². The molecule has 0 unspecified atom stereocenters. The Morgan fingerprint density at radius 2 is 2.04 bits per heavy atom. The van der Waals surface area contributed by atoms with E-state index in [0.29, 0.717) is 44.9 Å². The van der Waals surface area contributed by atoms with Crippen molar-refractivity contribution < 1.29 is 9.32 Å². The summed E-state index contributed by atoms with van der Waals surface area (Å²) in [7, 11) is 0. The normalized spacial score (nSPS) is 21.8. The van der Waals surface area contributed by atoms with Crippen molar-refractivity contribution in [3.05, 3.63) is 57.6 Å². The molecule has 5 rings (SSSR count). The van der Waals surface area contributed by atoms with E-state index in [0.717, 1.165) is 17.8 Å². The molecule has 2 aliphatic rings. The maximum Gasteiger partial charge on any atom is 0.284 e. The number of hydrogen-bond donors (Lipinski definition) is 0. The number of halogens is 1. The Hall–Kier alpha value is -2.40. The molecule has 0 radical (unpaired) electrons. The molecule has 0 N–H and O–H groups in total. The fourth-order valence-corrected chi connectivity index (χ4v) is 5.05. The van der Waals surface area contributed by atoms with E-state index in [1.807, 2.05) is 25.1 Å². The van der Waals surface area contributed by atoms with Crippen LogP contribution in [0, 0.1) is 25.2 Å². The van der Waals surface area contributed by atoms with Crippen molar-refractivity contribution in [1.29, 1.82) is 0 Å². The first-order chi connectivity index (χ1) is 12.8. The zero-order chi connectivity index (χ0) is 19.1. The molecule has 0 amide bonds. The molecule has 0 bridgehead atoms. The van der Waals surface area contributed by atoms with Crippen LogP contribution in [0.5, 0.6) is 0 Å². The first kappa shape index (κ1) is 16.8. The first-order valence-electron chi connectivity index (χ1n) is 9.16. The molecular formula is C21H20ClN3O2. The minimum atomic E-state index is -0.202. The minimum Gasteiger partial charge on any atom is -0.360 e. The van der Waals surface area contributed by atoms with Crippen molar-refractivity contribution in [1.82, 2.24) is 14.9 Å². The molecule has 138 valence electrons. The second-order valence-electron chi connectivity index (χ2n) is 8.21. The average molecular weight is 382 g/mol. The van der Waals surface area contributed by atoms with Crippen LogP contribution in [0.15, 0.2) is 28.8 Å².